The Hall–Kier alpha value is -1.16. The lowest BCUT2D eigenvalue weighted by Gasteiger charge is -2.02. The largest absolute Gasteiger partial charge is 0.273 e. The molecule has 4 heteroatoms. The fourth-order valence-electron chi connectivity index (χ4n) is 2.44. The van der Waals surface area contributed by atoms with Gasteiger partial charge in [0.25, 0.3) is 0 Å². The van der Waals surface area contributed by atoms with Crippen molar-refractivity contribution in [3.05, 3.63) is 21.9 Å². The molecule has 1 amide bonds. The van der Waals surface area contributed by atoms with E-state index in [-0.39, 0.29) is 5.91 Å². The Labute approximate surface area is 145 Å². The van der Waals surface area contributed by atoms with E-state index in [0.29, 0.717) is 6.42 Å². The fraction of sp³-hybridized carbons (Fsp3) is 0.684. The van der Waals surface area contributed by atoms with E-state index in [4.69, 9.17) is 0 Å². The summed E-state index contributed by atoms with van der Waals surface area (Å²) < 4.78 is 0. The summed E-state index contributed by atoms with van der Waals surface area (Å²) in [6.45, 7) is 6.33. The van der Waals surface area contributed by atoms with Crippen molar-refractivity contribution in [2.24, 2.45) is 5.10 Å². The first-order valence-electron chi connectivity index (χ1n) is 9.09. The van der Waals surface area contributed by atoms with Gasteiger partial charge in [-0.1, -0.05) is 58.8 Å². The van der Waals surface area contributed by atoms with Gasteiger partial charge < -0.3 is 0 Å². The molecule has 0 fully saturated rings. The molecule has 1 heterocycles. The predicted molar refractivity (Wildman–Crippen MR) is 101 cm³/mol. The standard InChI is InChI=1S/C19H32N2OS/c1-4-6-7-8-9-10-11-12-13-19(22)21-20-16(3)18-15-14-17(5-2)23-18/h14-15H,4-13H2,1-3H3,(H,21,22). The monoisotopic (exact) mass is 336 g/mol. The first kappa shape index (κ1) is 19.9. The lowest BCUT2D eigenvalue weighted by Crippen LogP contribution is -2.18. The van der Waals surface area contributed by atoms with Crippen LogP contribution in [0.25, 0.3) is 0 Å². The number of nitrogens with zero attached hydrogens (tertiary/aromatic N) is 1. The van der Waals surface area contributed by atoms with Crippen molar-refractivity contribution in [2.45, 2.75) is 85.0 Å². The third-order valence-corrected chi connectivity index (χ3v) is 5.31. The van der Waals surface area contributed by atoms with Crippen LogP contribution >= 0.6 is 11.3 Å². The first-order valence-corrected chi connectivity index (χ1v) is 9.91. The van der Waals surface area contributed by atoms with Gasteiger partial charge in [-0.3, -0.25) is 4.79 Å². The second-order valence-electron chi connectivity index (χ2n) is 6.08. The second kappa shape index (κ2) is 12.3. The molecule has 0 aliphatic heterocycles. The van der Waals surface area contributed by atoms with Gasteiger partial charge in [-0.25, -0.2) is 5.43 Å². The van der Waals surface area contributed by atoms with E-state index in [2.05, 4.69) is 36.5 Å². The molecule has 0 unspecified atom stereocenters. The number of carbonyl (C=O) groups is 1. The van der Waals surface area contributed by atoms with Crippen LogP contribution in [0.5, 0.6) is 0 Å². The molecular formula is C19H32N2OS. The molecule has 0 spiro atoms. The Morgan fingerprint density at radius 3 is 2.30 bits per heavy atom. The summed E-state index contributed by atoms with van der Waals surface area (Å²) in [5.74, 6) is 0.0302. The summed E-state index contributed by atoms with van der Waals surface area (Å²) in [6.07, 6.45) is 11.6. The van der Waals surface area contributed by atoms with Gasteiger partial charge in [-0.05, 0) is 31.9 Å². The molecule has 0 radical (unpaired) electrons. The fourth-order valence-corrected chi connectivity index (χ4v) is 3.33. The Morgan fingerprint density at radius 1 is 1.04 bits per heavy atom. The summed E-state index contributed by atoms with van der Waals surface area (Å²) in [5, 5.41) is 4.22. The SMILES string of the molecule is CCCCCCCCCCC(=O)NN=C(C)c1ccc(CC)s1. The Bertz CT molecular complexity index is 479. The average molecular weight is 337 g/mol. The maximum absolute atomic E-state index is 11.8. The topological polar surface area (TPSA) is 41.5 Å². The smallest absolute Gasteiger partial charge is 0.240 e. The van der Waals surface area contributed by atoms with Crippen LogP contribution in [-0.4, -0.2) is 11.6 Å². The molecule has 0 saturated carbocycles. The Morgan fingerprint density at radius 2 is 1.70 bits per heavy atom. The Balaban J connectivity index is 2.12. The number of aryl methyl sites for hydroxylation is 1. The van der Waals surface area contributed by atoms with E-state index in [1.165, 1.54) is 43.4 Å². The molecule has 0 aliphatic rings. The molecule has 0 bridgehead atoms. The highest BCUT2D eigenvalue weighted by Crippen LogP contribution is 2.17. The van der Waals surface area contributed by atoms with Crippen LogP contribution in [0.15, 0.2) is 17.2 Å². The van der Waals surface area contributed by atoms with Crippen LogP contribution in [0.1, 0.15) is 88.3 Å². The second-order valence-corrected chi connectivity index (χ2v) is 7.24. The van der Waals surface area contributed by atoms with Crippen molar-refractivity contribution in [2.75, 3.05) is 0 Å². The van der Waals surface area contributed by atoms with E-state index < -0.39 is 0 Å². The molecule has 0 aromatic carbocycles. The number of hydrazone groups is 1. The zero-order valence-corrected chi connectivity index (χ0v) is 15.8. The number of amides is 1. The van der Waals surface area contributed by atoms with Gasteiger partial charge in [0.15, 0.2) is 0 Å². The molecule has 1 rings (SSSR count). The van der Waals surface area contributed by atoms with Gasteiger partial charge in [-0.15, -0.1) is 11.3 Å². The summed E-state index contributed by atoms with van der Waals surface area (Å²) in [4.78, 5) is 14.3. The van der Waals surface area contributed by atoms with Crippen molar-refractivity contribution in [1.29, 1.82) is 0 Å². The number of nitrogens with one attached hydrogen (secondary N) is 1. The quantitative estimate of drug-likeness (QED) is 0.298. The van der Waals surface area contributed by atoms with Gasteiger partial charge in [0, 0.05) is 11.3 Å². The maximum Gasteiger partial charge on any atom is 0.240 e. The minimum absolute atomic E-state index is 0.0302. The van der Waals surface area contributed by atoms with Crippen LogP contribution in [0.2, 0.25) is 0 Å². The first-order chi connectivity index (χ1) is 11.2. The highest BCUT2D eigenvalue weighted by Gasteiger charge is 2.04. The molecule has 0 atom stereocenters. The van der Waals surface area contributed by atoms with E-state index >= 15 is 0 Å². The predicted octanol–water partition coefficient (Wildman–Crippen LogP) is 5.68. The molecule has 1 N–H and O–H groups in total. The number of unbranched alkanes of at least 4 members (excludes halogenated alkanes) is 7. The highest BCUT2D eigenvalue weighted by atomic mass is 32.1. The average Bonchev–Trinajstić information content (AvgIpc) is 3.04. The number of thiophene rings is 1. The summed E-state index contributed by atoms with van der Waals surface area (Å²) in [6, 6.07) is 4.20. The van der Waals surface area contributed by atoms with Crippen molar-refractivity contribution < 1.29 is 4.79 Å². The van der Waals surface area contributed by atoms with Crippen LogP contribution in [-0.2, 0) is 11.2 Å². The number of hydrogen-bond acceptors (Lipinski definition) is 3. The van der Waals surface area contributed by atoms with Gasteiger partial charge in [0.1, 0.15) is 0 Å². The molecule has 1 aromatic heterocycles. The van der Waals surface area contributed by atoms with Crippen LogP contribution in [0, 0.1) is 0 Å². The summed E-state index contributed by atoms with van der Waals surface area (Å²) in [5.41, 5.74) is 3.57. The van der Waals surface area contributed by atoms with Gasteiger partial charge >= 0.3 is 0 Å². The van der Waals surface area contributed by atoms with Crippen LogP contribution in [0.3, 0.4) is 0 Å². The molecule has 3 nitrogen and oxygen atoms in total. The van der Waals surface area contributed by atoms with Crippen LogP contribution in [0.4, 0.5) is 0 Å². The van der Waals surface area contributed by atoms with Gasteiger partial charge in [-0.2, -0.15) is 5.10 Å². The lowest BCUT2D eigenvalue weighted by molar-refractivity contribution is -0.121. The summed E-state index contributed by atoms with van der Waals surface area (Å²) >= 11 is 1.74. The van der Waals surface area contributed by atoms with Gasteiger partial charge in [0.2, 0.25) is 5.91 Å². The maximum atomic E-state index is 11.8. The zero-order valence-electron chi connectivity index (χ0n) is 15.0. The lowest BCUT2D eigenvalue weighted by atomic mass is 10.1. The van der Waals surface area contributed by atoms with Crippen molar-refractivity contribution >= 4 is 23.0 Å². The molecule has 0 saturated heterocycles. The third kappa shape index (κ3) is 8.89. The van der Waals surface area contributed by atoms with E-state index in [0.717, 1.165) is 29.9 Å². The van der Waals surface area contributed by atoms with Crippen molar-refractivity contribution in [3.63, 3.8) is 0 Å². The van der Waals surface area contributed by atoms with E-state index in [1.54, 1.807) is 11.3 Å². The minimum Gasteiger partial charge on any atom is -0.273 e. The van der Waals surface area contributed by atoms with Crippen LogP contribution < -0.4 is 5.43 Å². The van der Waals surface area contributed by atoms with E-state index in [9.17, 15) is 4.79 Å². The Kier molecular flexibility index (Phi) is 10.6. The van der Waals surface area contributed by atoms with Gasteiger partial charge in [0.05, 0.1) is 10.6 Å². The van der Waals surface area contributed by atoms with E-state index in [1.807, 2.05) is 6.92 Å². The summed E-state index contributed by atoms with van der Waals surface area (Å²) in [7, 11) is 0. The number of hydrogen-bond donors (Lipinski definition) is 1. The number of rotatable bonds is 12. The molecule has 1 aromatic rings. The normalized spacial score (nSPS) is 11.7. The third-order valence-electron chi connectivity index (χ3n) is 3.97. The van der Waals surface area contributed by atoms with Crippen molar-refractivity contribution in [1.82, 2.24) is 5.43 Å². The molecular weight excluding hydrogens is 304 g/mol. The minimum atomic E-state index is 0.0302. The number of carbonyl (C=O) groups excluding carboxylic acids is 1. The highest BCUT2D eigenvalue weighted by molar-refractivity contribution is 7.14. The molecule has 23 heavy (non-hydrogen) atoms. The molecule has 130 valence electrons. The zero-order chi connectivity index (χ0) is 16.9. The van der Waals surface area contributed by atoms with Crippen molar-refractivity contribution in [3.8, 4) is 0 Å². The molecule has 0 aliphatic carbocycles.